The van der Waals surface area contributed by atoms with E-state index in [1.807, 2.05) is 17.9 Å². The number of hydrogen-bond donors (Lipinski definition) is 2. The average molecular weight is 432 g/mol. The predicted molar refractivity (Wildman–Crippen MR) is 123 cm³/mol. The zero-order valence-corrected chi connectivity index (χ0v) is 18.9. The summed E-state index contributed by atoms with van der Waals surface area (Å²) < 4.78 is 1.86. The molecule has 2 saturated heterocycles. The van der Waals surface area contributed by atoms with Crippen molar-refractivity contribution in [3.05, 3.63) is 41.7 Å². The van der Waals surface area contributed by atoms with Gasteiger partial charge in [0.25, 0.3) is 0 Å². The maximum absolute atomic E-state index is 12.3. The van der Waals surface area contributed by atoms with Crippen LogP contribution < -0.4 is 10.6 Å². The summed E-state index contributed by atoms with van der Waals surface area (Å²) in [5.41, 5.74) is 5.08. The lowest BCUT2D eigenvalue weighted by Gasteiger charge is -2.33. The molecule has 4 rings (SSSR count). The Balaban J connectivity index is 0.00000256. The molecule has 0 saturated carbocycles. The van der Waals surface area contributed by atoms with Gasteiger partial charge in [-0.15, -0.1) is 12.4 Å². The molecule has 2 N–H and O–H groups in total. The van der Waals surface area contributed by atoms with Crippen LogP contribution in [0, 0.1) is 12.8 Å². The second-order valence-electron chi connectivity index (χ2n) is 8.70. The largest absolute Gasteiger partial charge is 0.354 e. The van der Waals surface area contributed by atoms with E-state index in [-0.39, 0.29) is 24.4 Å². The van der Waals surface area contributed by atoms with Gasteiger partial charge in [-0.3, -0.25) is 14.4 Å². The van der Waals surface area contributed by atoms with Gasteiger partial charge in [0, 0.05) is 38.4 Å². The van der Waals surface area contributed by atoms with Gasteiger partial charge in [-0.05, 0) is 62.7 Å². The molecule has 0 spiro atoms. The number of piperidine rings is 1. The molecule has 2 atom stereocenters. The minimum absolute atomic E-state index is 0. The number of carbonyl (C=O) groups excluding carboxylic acids is 1. The summed E-state index contributed by atoms with van der Waals surface area (Å²) in [6, 6.07) is 6.74. The smallest absolute Gasteiger partial charge is 0.237 e. The minimum atomic E-state index is 0. The number of nitrogens with zero attached hydrogens (tertiary/aromatic N) is 3. The number of halogens is 1. The summed E-state index contributed by atoms with van der Waals surface area (Å²) in [6.07, 6.45) is 8.49. The van der Waals surface area contributed by atoms with Crippen molar-refractivity contribution < 1.29 is 4.79 Å². The van der Waals surface area contributed by atoms with Crippen molar-refractivity contribution in [1.29, 1.82) is 0 Å². The van der Waals surface area contributed by atoms with Gasteiger partial charge < -0.3 is 10.6 Å². The second-order valence-corrected chi connectivity index (χ2v) is 8.70. The Morgan fingerprint density at radius 2 is 2.17 bits per heavy atom. The number of aryl methyl sites for hydroxylation is 2. The van der Waals surface area contributed by atoms with Crippen molar-refractivity contribution in [2.75, 3.05) is 26.2 Å². The number of rotatable bonds is 6. The molecule has 2 fully saturated rings. The van der Waals surface area contributed by atoms with E-state index in [4.69, 9.17) is 0 Å². The molecule has 0 bridgehead atoms. The third kappa shape index (κ3) is 5.62. The Bertz CT molecular complexity index is 846. The minimum Gasteiger partial charge on any atom is -0.354 e. The van der Waals surface area contributed by atoms with E-state index in [0.29, 0.717) is 5.92 Å². The fourth-order valence-corrected chi connectivity index (χ4v) is 4.64. The number of likely N-dealkylation sites (tertiary alicyclic amines) is 1. The van der Waals surface area contributed by atoms with Crippen LogP contribution in [-0.4, -0.2) is 52.8 Å². The van der Waals surface area contributed by atoms with E-state index in [0.717, 1.165) is 45.6 Å². The third-order valence-corrected chi connectivity index (χ3v) is 6.22. The van der Waals surface area contributed by atoms with E-state index in [9.17, 15) is 4.79 Å². The molecule has 164 valence electrons. The summed E-state index contributed by atoms with van der Waals surface area (Å²) in [6.45, 7) is 7.00. The van der Waals surface area contributed by atoms with E-state index in [2.05, 4.69) is 52.0 Å². The lowest BCUT2D eigenvalue weighted by molar-refractivity contribution is -0.123. The number of amides is 1. The van der Waals surface area contributed by atoms with E-state index in [1.54, 1.807) is 0 Å². The summed E-state index contributed by atoms with van der Waals surface area (Å²) in [7, 11) is 1.96. The second kappa shape index (κ2) is 10.4. The van der Waals surface area contributed by atoms with Crippen molar-refractivity contribution in [3.8, 4) is 11.1 Å². The quantitative estimate of drug-likeness (QED) is 0.738. The Morgan fingerprint density at radius 1 is 1.30 bits per heavy atom. The molecular weight excluding hydrogens is 398 g/mol. The molecule has 1 aromatic heterocycles. The highest BCUT2D eigenvalue weighted by Gasteiger charge is 2.25. The first-order valence-electron chi connectivity index (χ1n) is 10.9. The van der Waals surface area contributed by atoms with Crippen LogP contribution in [0.3, 0.4) is 0 Å². The first kappa shape index (κ1) is 22.8. The molecule has 6 nitrogen and oxygen atoms in total. The highest BCUT2D eigenvalue weighted by atomic mass is 35.5. The molecule has 2 aliphatic rings. The fourth-order valence-electron chi connectivity index (χ4n) is 4.64. The van der Waals surface area contributed by atoms with Crippen LogP contribution in [-0.2, 0) is 18.4 Å². The number of nitrogens with one attached hydrogen (secondary N) is 2. The van der Waals surface area contributed by atoms with E-state index >= 15 is 0 Å². The maximum atomic E-state index is 12.3. The van der Waals surface area contributed by atoms with Gasteiger partial charge in [-0.1, -0.05) is 23.8 Å². The Morgan fingerprint density at radius 3 is 2.90 bits per heavy atom. The highest BCUT2D eigenvalue weighted by Crippen LogP contribution is 2.27. The molecule has 1 amide bonds. The summed E-state index contributed by atoms with van der Waals surface area (Å²) >= 11 is 0. The zero-order valence-electron chi connectivity index (χ0n) is 18.1. The molecular formula is C23H34ClN5O. The number of hydrogen-bond acceptors (Lipinski definition) is 4. The highest BCUT2D eigenvalue weighted by molar-refractivity contribution is 5.85. The van der Waals surface area contributed by atoms with Gasteiger partial charge in [0.15, 0.2) is 0 Å². The number of aromatic nitrogens is 2. The standard InChI is InChI=1S/C23H33N5O.ClH/c1-17-7-8-19(21(11-17)20-13-26-27(2)15-20)16-28-10-4-5-18(14-28)12-25-23(29)22-6-3-9-24-22;/h7-8,11,13,15,18,22,24H,3-6,9-10,12,14,16H2,1-2H3,(H,25,29);1H. The third-order valence-electron chi connectivity index (χ3n) is 6.22. The van der Waals surface area contributed by atoms with Crippen LogP contribution in [0.4, 0.5) is 0 Å². The zero-order chi connectivity index (χ0) is 20.2. The van der Waals surface area contributed by atoms with Crippen LogP contribution in [0.25, 0.3) is 11.1 Å². The molecule has 3 heterocycles. The van der Waals surface area contributed by atoms with Crippen molar-refractivity contribution in [2.45, 2.75) is 45.2 Å². The molecule has 2 unspecified atom stereocenters. The maximum Gasteiger partial charge on any atom is 0.237 e. The van der Waals surface area contributed by atoms with Crippen molar-refractivity contribution >= 4 is 18.3 Å². The Labute approximate surface area is 185 Å². The van der Waals surface area contributed by atoms with Gasteiger partial charge >= 0.3 is 0 Å². The molecule has 2 aromatic rings. The monoisotopic (exact) mass is 431 g/mol. The van der Waals surface area contributed by atoms with E-state index in [1.165, 1.54) is 35.1 Å². The number of carbonyl (C=O) groups is 1. The summed E-state index contributed by atoms with van der Waals surface area (Å²) in [4.78, 5) is 14.8. The van der Waals surface area contributed by atoms with Gasteiger partial charge in [0.2, 0.25) is 5.91 Å². The molecule has 2 aliphatic heterocycles. The van der Waals surface area contributed by atoms with Gasteiger partial charge in [-0.2, -0.15) is 5.10 Å². The Hall–Kier alpha value is -1.89. The van der Waals surface area contributed by atoms with Crippen LogP contribution in [0.15, 0.2) is 30.6 Å². The van der Waals surface area contributed by atoms with Crippen molar-refractivity contribution in [1.82, 2.24) is 25.3 Å². The van der Waals surface area contributed by atoms with Crippen molar-refractivity contribution in [2.24, 2.45) is 13.0 Å². The van der Waals surface area contributed by atoms with Gasteiger partial charge in [0.1, 0.15) is 0 Å². The molecule has 0 radical (unpaired) electrons. The van der Waals surface area contributed by atoms with Crippen LogP contribution in [0.1, 0.15) is 36.8 Å². The fraction of sp³-hybridized carbons (Fsp3) is 0.565. The van der Waals surface area contributed by atoms with Crippen LogP contribution in [0.2, 0.25) is 0 Å². The lowest BCUT2D eigenvalue weighted by Crippen LogP contribution is -2.45. The topological polar surface area (TPSA) is 62.2 Å². The van der Waals surface area contributed by atoms with Crippen LogP contribution in [0.5, 0.6) is 0 Å². The Kier molecular flexibility index (Phi) is 7.92. The van der Waals surface area contributed by atoms with Gasteiger partial charge in [-0.25, -0.2) is 0 Å². The first-order chi connectivity index (χ1) is 14.1. The normalized spacial score (nSPS) is 21.9. The predicted octanol–water partition coefficient (Wildman–Crippen LogP) is 2.90. The molecule has 7 heteroatoms. The lowest BCUT2D eigenvalue weighted by atomic mass is 9.95. The summed E-state index contributed by atoms with van der Waals surface area (Å²) in [5.74, 6) is 0.707. The van der Waals surface area contributed by atoms with Crippen molar-refractivity contribution in [3.63, 3.8) is 0 Å². The van der Waals surface area contributed by atoms with Gasteiger partial charge in [0.05, 0.1) is 12.2 Å². The van der Waals surface area contributed by atoms with E-state index < -0.39 is 0 Å². The molecule has 1 aromatic carbocycles. The molecule has 0 aliphatic carbocycles. The molecule has 30 heavy (non-hydrogen) atoms. The number of benzene rings is 1. The average Bonchev–Trinajstić information content (AvgIpc) is 3.40. The first-order valence-corrected chi connectivity index (χ1v) is 10.9. The summed E-state index contributed by atoms with van der Waals surface area (Å²) in [5, 5.41) is 10.8. The SMILES string of the molecule is Cc1ccc(CN2CCCC(CNC(=O)C3CCCN3)C2)c(-c2cnn(C)c2)c1.Cl. The van der Waals surface area contributed by atoms with Crippen LogP contribution >= 0.6 is 12.4 Å².